The Morgan fingerprint density at radius 1 is 1.10 bits per heavy atom. The van der Waals surface area contributed by atoms with E-state index in [1.165, 1.54) is 27.8 Å². The molecule has 29 heavy (non-hydrogen) atoms. The lowest BCUT2D eigenvalue weighted by atomic mass is 10.0. The number of aryl methyl sites for hydroxylation is 1. The summed E-state index contributed by atoms with van der Waals surface area (Å²) in [6, 6.07) is 13.9. The van der Waals surface area contributed by atoms with Crippen molar-refractivity contribution in [2.45, 2.75) is 26.7 Å². The quantitative estimate of drug-likeness (QED) is 0.336. The highest BCUT2D eigenvalue weighted by molar-refractivity contribution is 8.26. The summed E-state index contributed by atoms with van der Waals surface area (Å²) < 4.78 is 12.3. The molecule has 0 aromatic heterocycles. The summed E-state index contributed by atoms with van der Waals surface area (Å²) >= 11 is 6.47. The third-order valence-corrected chi connectivity index (χ3v) is 6.05. The van der Waals surface area contributed by atoms with Crippen LogP contribution in [0.5, 0.6) is 11.5 Å². The number of amides is 1. The van der Waals surface area contributed by atoms with Crippen molar-refractivity contribution >= 4 is 40.3 Å². The Morgan fingerprint density at radius 3 is 2.41 bits per heavy atom. The van der Waals surface area contributed by atoms with Gasteiger partial charge in [-0.25, -0.2) is 0 Å². The zero-order valence-electron chi connectivity index (χ0n) is 17.1. The van der Waals surface area contributed by atoms with Crippen LogP contribution in [-0.2, 0) is 4.79 Å². The fourth-order valence-corrected chi connectivity index (χ4v) is 4.09. The van der Waals surface area contributed by atoms with Gasteiger partial charge in [0, 0.05) is 7.05 Å². The molecule has 0 saturated carbocycles. The molecule has 2 aromatic carbocycles. The molecule has 1 heterocycles. The second-order valence-electron chi connectivity index (χ2n) is 7.20. The molecule has 0 bridgehead atoms. The second-order valence-corrected chi connectivity index (χ2v) is 8.88. The van der Waals surface area contributed by atoms with Gasteiger partial charge in [0.05, 0.1) is 4.91 Å². The first-order valence-electron chi connectivity index (χ1n) is 9.53. The van der Waals surface area contributed by atoms with Gasteiger partial charge in [-0.15, -0.1) is 0 Å². The van der Waals surface area contributed by atoms with E-state index in [0.717, 1.165) is 17.1 Å². The molecule has 1 aliphatic rings. The molecule has 0 atom stereocenters. The summed E-state index contributed by atoms with van der Waals surface area (Å²) in [7, 11) is 1.69. The van der Waals surface area contributed by atoms with Crippen LogP contribution in [0.15, 0.2) is 47.4 Å². The Morgan fingerprint density at radius 2 is 1.79 bits per heavy atom. The smallest absolute Gasteiger partial charge is 0.265 e. The predicted molar refractivity (Wildman–Crippen MR) is 124 cm³/mol. The number of nitrogens with zero attached hydrogens (tertiary/aromatic N) is 1. The Kier molecular flexibility index (Phi) is 6.98. The van der Waals surface area contributed by atoms with E-state index < -0.39 is 0 Å². The van der Waals surface area contributed by atoms with Gasteiger partial charge in [0.15, 0.2) is 0 Å². The molecule has 1 fully saturated rings. The van der Waals surface area contributed by atoms with Crippen LogP contribution in [0.25, 0.3) is 6.08 Å². The first-order valence-corrected chi connectivity index (χ1v) is 10.8. The molecule has 2 aromatic rings. The molecule has 1 saturated heterocycles. The molecule has 4 nitrogen and oxygen atoms in total. The number of hydrogen-bond acceptors (Lipinski definition) is 5. The van der Waals surface area contributed by atoms with Crippen molar-refractivity contribution in [3.63, 3.8) is 0 Å². The molecule has 1 aliphatic heterocycles. The monoisotopic (exact) mass is 427 g/mol. The van der Waals surface area contributed by atoms with Gasteiger partial charge in [-0.2, -0.15) is 0 Å². The van der Waals surface area contributed by atoms with Gasteiger partial charge in [0.1, 0.15) is 29.0 Å². The summed E-state index contributed by atoms with van der Waals surface area (Å²) in [6.45, 7) is 7.32. The SMILES string of the molecule is Cc1ccc(C(C)C)c(OCCOc2ccc(/C=C3\SC(=S)N(C)C3=O)cc2)c1. The van der Waals surface area contributed by atoms with E-state index in [4.69, 9.17) is 21.7 Å². The number of benzene rings is 2. The van der Waals surface area contributed by atoms with Crippen molar-refractivity contribution in [1.29, 1.82) is 0 Å². The molecule has 0 unspecified atom stereocenters. The fourth-order valence-electron chi connectivity index (χ4n) is 2.91. The van der Waals surface area contributed by atoms with E-state index in [1.54, 1.807) is 7.05 Å². The zero-order valence-corrected chi connectivity index (χ0v) is 18.7. The summed E-state index contributed by atoms with van der Waals surface area (Å²) in [6.07, 6.45) is 1.85. The Bertz CT molecular complexity index is 936. The van der Waals surface area contributed by atoms with Crippen molar-refractivity contribution in [1.82, 2.24) is 4.90 Å². The van der Waals surface area contributed by atoms with E-state index in [9.17, 15) is 4.79 Å². The van der Waals surface area contributed by atoms with Crippen LogP contribution in [0.2, 0.25) is 0 Å². The van der Waals surface area contributed by atoms with Crippen LogP contribution in [0.1, 0.15) is 36.5 Å². The minimum Gasteiger partial charge on any atom is -0.490 e. The van der Waals surface area contributed by atoms with E-state index in [1.807, 2.05) is 30.3 Å². The zero-order chi connectivity index (χ0) is 21.0. The average molecular weight is 428 g/mol. The average Bonchev–Trinajstić information content (AvgIpc) is 2.93. The molecule has 3 rings (SSSR count). The summed E-state index contributed by atoms with van der Waals surface area (Å²) in [5.41, 5.74) is 3.32. The van der Waals surface area contributed by atoms with Crippen molar-refractivity contribution in [3.8, 4) is 11.5 Å². The normalized spacial score (nSPS) is 15.5. The lowest BCUT2D eigenvalue weighted by molar-refractivity contribution is -0.121. The molecule has 0 N–H and O–H groups in total. The van der Waals surface area contributed by atoms with Crippen molar-refractivity contribution in [3.05, 3.63) is 64.1 Å². The van der Waals surface area contributed by atoms with Crippen LogP contribution < -0.4 is 9.47 Å². The molecule has 0 aliphatic carbocycles. The van der Waals surface area contributed by atoms with Crippen LogP contribution in [0.3, 0.4) is 0 Å². The Labute approximate surface area is 181 Å². The second kappa shape index (κ2) is 9.46. The summed E-state index contributed by atoms with van der Waals surface area (Å²) in [5, 5.41) is 0. The highest BCUT2D eigenvalue weighted by Crippen LogP contribution is 2.31. The number of ether oxygens (including phenoxy) is 2. The van der Waals surface area contributed by atoms with E-state index in [0.29, 0.717) is 28.4 Å². The number of likely N-dealkylation sites (N-methyl/N-ethyl adjacent to an activating group) is 1. The molecular weight excluding hydrogens is 402 g/mol. The lowest BCUT2D eigenvalue weighted by Gasteiger charge is -2.15. The van der Waals surface area contributed by atoms with E-state index in [-0.39, 0.29) is 5.91 Å². The van der Waals surface area contributed by atoms with Gasteiger partial charge in [-0.05, 0) is 53.8 Å². The maximum Gasteiger partial charge on any atom is 0.265 e. The third kappa shape index (κ3) is 5.40. The summed E-state index contributed by atoms with van der Waals surface area (Å²) in [4.78, 5) is 14.2. The highest BCUT2D eigenvalue weighted by atomic mass is 32.2. The molecule has 0 spiro atoms. The summed E-state index contributed by atoms with van der Waals surface area (Å²) in [5.74, 6) is 2.04. The number of rotatable bonds is 7. The number of carbonyl (C=O) groups excluding carboxylic acids is 1. The number of thioether (sulfide) groups is 1. The van der Waals surface area contributed by atoms with Gasteiger partial charge >= 0.3 is 0 Å². The number of carbonyl (C=O) groups is 1. The van der Waals surface area contributed by atoms with Gasteiger partial charge in [0.2, 0.25) is 0 Å². The van der Waals surface area contributed by atoms with Crippen LogP contribution in [0.4, 0.5) is 0 Å². The Balaban J connectivity index is 1.53. The van der Waals surface area contributed by atoms with Crippen molar-refractivity contribution < 1.29 is 14.3 Å². The largest absolute Gasteiger partial charge is 0.490 e. The molecule has 152 valence electrons. The van der Waals surface area contributed by atoms with Crippen LogP contribution >= 0.6 is 24.0 Å². The Hall–Kier alpha value is -2.31. The van der Waals surface area contributed by atoms with Gasteiger partial charge in [0.25, 0.3) is 5.91 Å². The maximum absolute atomic E-state index is 12.1. The van der Waals surface area contributed by atoms with Crippen molar-refractivity contribution in [2.75, 3.05) is 20.3 Å². The lowest BCUT2D eigenvalue weighted by Crippen LogP contribution is -2.22. The molecule has 6 heteroatoms. The molecule has 0 radical (unpaired) electrons. The van der Waals surface area contributed by atoms with Crippen molar-refractivity contribution in [2.24, 2.45) is 0 Å². The van der Waals surface area contributed by atoms with Gasteiger partial charge < -0.3 is 9.47 Å². The predicted octanol–water partition coefficient (Wildman–Crippen LogP) is 5.41. The third-order valence-electron chi connectivity index (χ3n) is 4.57. The van der Waals surface area contributed by atoms with E-state index in [2.05, 4.69) is 39.0 Å². The van der Waals surface area contributed by atoms with Crippen LogP contribution in [-0.4, -0.2) is 35.4 Å². The maximum atomic E-state index is 12.1. The number of hydrogen-bond donors (Lipinski definition) is 0. The molecule has 1 amide bonds. The van der Waals surface area contributed by atoms with Crippen LogP contribution in [0, 0.1) is 6.92 Å². The van der Waals surface area contributed by atoms with Gasteiger partial charge in [-0.1, -0.05) is 62.1 Å². The standard InChI is InChI=1S/C23H25NO3S2/c1-15(2)19-10-5-16(3)13-20(19)27-12-11-26-18-8-6-17(7-9-18)14-21-22(25)24(4)23(28)29-21/h5-10,13-15H,11-12H2,1-4H3/b21-14-. The fraction of sp³-hybridized carbons (Fsp3) is 0.304. The van der Waals surface area contributed by atoms with E-state index >= 15 is 0 Å². The van der Waals surface area contributed by atoms with Gasteiger partial charge in [-0.3, -0.25) is 9.69 Å². The minimum atomic E-state index is -0.0607. The first-order chi connectivity index (χ1) is 13.8. The number of thiocarbonyl (C=S) groups is 1. The highest BCUT2D eigenvalue weighted by Gasteiger charge is 2.28. The topological polar surface area (TPSA) is 38.8 Å². The first kappa shape index (κ1) is 21.4. The minimum absolute atomic E-state index is 0.0607. The molecular formula is C23H25NO3S2.